The third kappa shape index (κ3) is 2.35. The summed E-state index contributed by atoms with van der Waals surface area (Å²) in [7, 11) is 0. The fourth-order valence-electron chi connectivity index (χ4n) is 0.836. The van der Waals surface area contributed by atoms with E-state index in [0.717, 1.165) is 6.07 Å². The third-order valence-corrected chi connectivity index (χ3v) is 1.38. The maximum absolute atomic E-state index is 11.8. The summed E-state index contributed by atoms with van der Waals surface area (Å²) in [4.78, 5) is 13.0. The van der Waals surface area contributed by atoms with Gasteiger partial charge in [0.05, 0.1) is 4.92 Å². The average Bonchev–Trinajstić information content (AvgIpc) is 2.01. The minimum atomic E-state index is -3.12. The molecule has 0 unspecified atom stereocenters. The molecule has 0 saturated carbocycles. The lowest BCUT2D eigenvalue weighted by molar-refractivity contribution is -0.386. The zero-order valence-electron chi connectivity index (χ0n) is 7.11. The Morgan fingerprint density at radius 1 is 1.57 bits per heavy atom. The predicted octanol–water partition coefficient (Wildman–Crippen LogP) is 1.90. The standard InChI is InChI=1S/C7H6F2N2O3/c1-4-2-3-5(11(12)13)6(10-4)14-7(8)9/h2-3,7H,1H3. The van der Waals surface area contributed by atoms with E-state index in [2.05, 4.69) is 9.72 Å². The highest BCUT2D eigenvalue weighted by molar-refractivity contribution is 5.41. The summed E-state index contributed by atoms with van der Waals surface area (Å²) in [6, 6.07) is 2.41. The molecule has 0 radical (unpaired) electrons. The van der Waals surface area contributed by atoms with Gasteiger partial charge in [0.2, 0.25) is 0 Å². The van der Waals surface area contributed by atoms with E-state index >= 15 is 0 Å². The first-order valence-electron chi connectivity index (χ1n) is 3.57. The van der Waals surface area contributed by atoms with Crippen LogP contribution in [-0.2, 0) is 0 Å². The number of hydrogen-bond donors (Lipinski definition) is 0. The summed E-state index contributed by atoms with van der Waals surface area (Å²) < 4.78 is 27.5. The molecule has 76 valence electrons. The van der Waals surface area contributed by atoms with E-state index in [1.54, 1.807) is 0 Å². The molecule has 0 atom stereocenters. The highest BCUT2D eigenvalue weighted by Gasteiger charge is 2.19. The number of alkyl halides is 2. The molecule has 1 heterocycles. The summed E-state index contributed by atoms with van der Waals surface area (Å²) in [6.07, 6.45) is 0. The number of ether oxygens (including phenoxy) is 1. The summed E-state index contributed by atoms with van der Waals surface area (Å²) in [6.45, 7) is -1.61. The Morgan fingerprint density at radius 2 is 2.21 bits per heavy atom. The molecule has 0 bridgehead atoms. The molecule has 0 fully saturated rings. The van der Waals surface area contributed by atoms with Gasteiger partial charge < -0.3 is 4.74 Å². The van der Waals surface area contributed by atoms with Gasteiger partial charge in [-0.2, -0.15) is 8.78 Å². The number of halogens is 2. The molecule has 0 aliphatic carbocycles. The number of aryl methyl sites for hydroxylation is 1. The van der Waals surface area contributed by atoms with Gasteiger partial charge in [0.25, 0.3) is 5.88 Å². The third-order valence-electron chi connectivity index (χ3n) is 1.38. The fourth-order valence-corrected chi connectivity index (χ4v) is 0.836. The molecule has 1 rings (SSSR count). The molecule has 0 spiro atoms. The molecule has 0 aliphatic heterocycles. The summed E-state index contributed by atoms with van der Waals surface area (Å²) in [5, 5.41) is 10.4. The predicted molar refractivity (Wildman–Crippen MR) is 42.3 cm³/mol. The van der Waals surface area contributed by atoms with Crippen LogP contribution in [0.4, 0.5) is 14.5 Å². The molecule has 0 amide bonds. The van der Waals surface area contributed by atoms with Gasteiger partial charge in [-0.3, -0.25) is 10.1 Å². The van der Waals surface area contributed by atoms with E-state index < -0.39 is 23.1 Å². The molecular weight excluding hydrogens is 198 g/mol. The Bertz CT molecular complexity index is 357. The van der Waals surface area contributed by atoms with Crippen LogP contribution in [0.1, 0.15) is 5.69 Å². The van der Waals surface area contributed by atoms with Crippen molar-refractivity contribution >= 4 is 5.69 Å². The molecule has 5 nitrogen and oxygen atoms in total. The van der Waals surface area contributed by atoms with E-state index in [1.165, 1.54) is 13.0 Å². The Balaban J connectivity index is 3.09. The van der Waals surface area contributed by atoms with Gasteiger partial charge in [-0.05, 0) is 13.0 Å². The van der Waals surface area contributed by atoms with Crippen LogP contribution in [0.5, 0.6) is 5.88 Å². The lowest BCUT2D eigenvalue weighted by Crippen LogP contribution is -2.06. The Hall–Kier alpha value is -1.79. The zero-order chi connectivity index (χ0) is 10.7. The average molecular weight is 204 g/mol. The number of rotatable bonds is 3. The van der Waals surface area contributed by atoms with Gasteiger partial charge in [0.1, 0.15) is 0 Å². The SMILES string of the molecule is Cc1ccc([N+](=O)[O-])c(OC(F)F)n1. The summed E-state index contributed by atoms with van der Waals surface area (Å²) in [5.41, 5.74) is -0.206. The van der Waals surface area contributed by atoms with Crippen LogP contribution < -0.4 is 4.74 Å². The van der Waals surface area contributed by atoms with Gasteiger partial charge >= 0.3 is 12.3 Å². The van der Waals surface area contributed by atoms with Crippen LogP contribution in [-0.4, -0.2) is 16.5 Å². The Morgan fingerprint density at radius 3 is 2.71 bits per heavy atom. The van der Waals surface area contributed by atoms with Crippen LogP contribution in [0.25, 0.3) is 0 Å². The highest BCUT2D eigenvalue weighted by Crippen LogP contribution is 2.25. The molecular formula is C7H6F2N2O3. The zero-order valence-corrected chi connectivity index (χ0v) is 7.11. The van der Waals surface area contributed by atoms with Gasteiger partial charge in [0, 0.05) is 11.8 Å². The van der Waals surface area contributed by atoms with Gasteiger partial charge in [-0.25, -0.2) is 4.98 Å². The monoisotopic (exact) mass is 204 g/mol. The largest absolute Gasteiger partial charge is 0.411 e. The number of nitro groups is 1. The Kier molecular flexibility index (Phi) is 2.90. The second-order valence-electron chi connectivity index (χ2n) is 2.41. The van der Waals surface area contributed by atoms with Crippen LogP contribution in [0, 0.1) is 17.0 Å². The van der Waals surface area contributed by atoms with E-state index in [0.29, 0.717) is 5.69 Å². The lowest BCUT2D eigenvalue weighted by atomic mass is 10.3. The van der Waals surface area contributed by atoms with Crippen LogP contribution >= 0.6 is 0 Å². The first-order chi connectivity index (χ1) is 6.50. The maximum atomic E-state index is 11.8. The summed E-state index contributed by atoms with van der Waals surface area (Å²) in [5.74, 6) is -0.662. The minimum Gasteiger partial charge on any atom is -0.411 e. The van der Waals surface area contributed by atoms with Crippen molar-refractivity contribution in [2.45, 2.75) is 13.5 Å². The quantitative estimate of drug-likeness (QED) is 0.557. The van der Waals surface area contributed by atoms with Crippen molar-refractivity contribution in [2.24, 2.45) is 0 Å². The maximum Gasteiger partial charge on any atom is 0.388 e. The van der Waals surface area contributed by atoms with Gasteiger partial charge in [-0.1, -0.05) is 0 Å². The van der Waals surface area contributed by atoms with Gasteiger partial charge in [0.15, 0.2) is 0 Å². The second kappa shape index (κ2) is 3.95. The number of pyridine rings is 1. The number of aromatic nitrogens is 1. The van der Waals surface area contributed by atoms with Crippen LogP contribution in [0.15, 0.2) is 12.1 Å². The molecule has 0 N–H and O–H groups in total. The van der Waals surface area contributed by atoms with Crippen LogP contribution in [0.3, 0.4) is 0 Å². The molecule has 0 aliphatic rings. The molecule has 1 aromatic rings. The van der Waals surface area contributed by atoms with Crippen LogP contribution in [0.2, 0.25) is 0 Å². The van der Waals surface area contributed by atoms with E-state index in [1.807, 2.05) is 0 Å². The number of hydrogen-bond acceptors (Lipinski definition) is 4. The summed E-state index contributed by atoms with van der Waals surface area (Å²) >= 11 is 0. The van der Waals surface area contributed by atoms with E-state index in [-0.39, 0.29) is 0 Å². The Labute approximate surface area is 77.5 Å². The fraction of sp³-hybridized carbons (Fsp3) is 0.286. The van der Waals surface area contributed by atoms with Crippen molar-refractivity contribution in [3.8, 4) is 5.88 Å². The van der Waals surface area contributed by atoms with Gasteiger partial charge in [-0.15, -0.1) is 0 Å². The number of nitrogens with zero attached hydrogens (tertiary/aromatic N) is 2. The molecule has 1 aromatic heterocycles. The van der Waals surface area contributed by atoms with Crippen molar-refractivity contribution in [3.05, 3.63) is 27.9 Å². The smallest absolute Gasteiger partial charge is 0.388 e. The van der Waals surface area contributed by atoms with Crippen molar-refractivity contribution in [2.75, 3.05) is 0 Å². The molecule has 7 heteroatoms. The highest BCUT2D eigenvalue weighted by atomic mass is 19.3. The van der Waals surface area contributed by atoms with E-state index in [4.69, 9.17) is 0 Å². The lowest BCUT2D eigenvalue weighted by Gasteiger charge is -2.03. The normalized spacial score (nSPS) is 10.3. The van der Waals surface area contributed by atoms with Crippen molar-refractivity contribution < 1.29 is 18.4 Å². The van der Waals surface area contributed by atoms with Crippen molar-refractivity contribution in [1.29, 1.82) is 0 Å². The molecule has 14 heavy (non-hydrogen) atoms. The first kappa shape index (κ1) is 10.3. The topological polar surface area (TPSA) is 65.3 Å². The second-order valence-corrected chi connectivity index (χ2v) is 2.41. The van der Waals surface area contributed by atoms with E-state index in [9.17, 15) is 18.9 Å². The van der Waals surface area contributed by atoms with Crippen molar-refractivity contribution in [1.82, 2.24) is 4.98 Å². The molecule has 0 aromatic carbocycles. The molecule has 0 saturated heterocycles. The minimum absolute atomic E-state index is 0.367. The first-order valence-corrected chi connectivity index (χ1v) is 3.57. The van der Waals surface area contributed by atoms with Crippen molar-refractivity contribution in [3.63, 3.8) is 0 Å².